The Balaban J connectivity index is 1.97. The Morgan fingerprint density at radius 2 is 1.75 bits per heavy atom. The first-order valence-electron chi connectivity index (χ1n) is 6.70. The van der Waals surface area contributed by atoms with Crippen LogP contribution in [0.1, 0.15) is 29.5 Å². The number of anilines is 1. The first kappa shape index (κ1) is 14.4. The average Bonchev–Trinajstić information content (AvgIpc) is 3.12. The summed E-state index contributed by atoms with van der Waals surface area (Å²) in [7, 11) is 0. The van der Waals surface area contributed by atoms with E-state index in [0.29, 0.717) is 12.8 Å². The van der Waals surface area contributed by atoms with Gasteiger partial charge in [0.25, 0.3) is 0 Å². The summed E-state index contributed by atoms with van der Waals surface area (Å²) in [5, 5.41) is 14.5. The van der Waals surface area contributed by atoms with Gasteiger partial charge in [0.05, 0.1) is 5.41 Å². The lowest BCUT2D eigenvalue weighted by molar-refractivity contribution is -0.143. The van der Waals surface area contributed by atoms with Crippen molar-refractivity contribution in [2.24, 2.45) is 5.41 Å². The number of nitrogens with one attached hydrogen (secondary N) is 2. The van der Waals surface area contributed by atoms with Crippen LogP contribution in [0.25, 0.3) is 0 Å². The van der Waals surface area contributed by atoms with E-state index < -0.39 is 11.4 Å². The van der Waals surface area contributed by atoms with Crippen molar-refractivity contribution in [3.05, 3.63) is 28.8 Å². The van der Waals surface area contributed by atoms with Gasteiger partial charge in [-0.1, -0.05) is 17.7 Å². The normalized spacial score (nSPS) is 15.6. The molecule has 0 atom stereocenters. The van der Waals surface area contributed by atoms with Crippen molar-refractivity contribution in [1.29, 1.82) is 0 Å². The number of amides is 2. The molecule has 5 nitrogen and oxygen atoms in total. The van der Waals surface area contributed by atoms with Crippen LogP contribution >= 0.6 is 0 Å². The molecule has 0 unspecified atom stereocenters. The summed E-state index contributed by atoms with van der Waals surface area (Å²) in [4.78, 5) is 22.9. The zero-order valence-electron chi connectivity index (χ0n) is 12.0. The SMILES string of the molecule is Cc1cc(C)c(NC(=O)NCC2(C(=O)O)CC2)c(C)c1. The van der Waals surface area contributed by atoms with E-state index in [1.54, 1.807) is 0 Å². The third-order valence-corrected chi connectivity index (χ3v) is 3.81. The highest BCUT2D eigenvalue weighted by atomic mass is 16.4. The standard InChI is InChI=1S/C15H20N2O3/c1-9-6-10(2)12(11(3)7-9)17-14(20)16-8-15(4-5-15)13(18)19/h6-7H,4-5,8H2,1-3H3,(H,18,19)(H2,16,17,20). The van der Waals surface area contributed by atoms with Crippen LogP contribution in [0.15, 0.2) is 12.1 Å². The van der Waals surface area contributed by atoms with Crippen LogP contribution in [0.3, 0.4) is 0 Å². The van der Waals surface area contributed by atoms with Gasteiger partial charge in [-0.2, -0.15) is 0 Å². The van der Waals surface area contributed by atoms with E-state index in [9.17, 15) is 9.59 Å². The first-order valence-corrected chi connectivity index (χ1v) is 6.70. The topological polar surface area (TPSA) is 78.4 Å². The number of carbonyl (C=O) groups excluding carboxylic acids is 1. The summed E-state index contributed by atoms with van der Waals surface area (Å²) >= 11 is 0. The van der Waals surface area contributed by atoms with Gasteiger partial charge in [-0.05, 0) is 44.7 Å². The van der Waals surface area contributed by atoms with Gasteiger partial charge >= 0.3 is 12.0 Å². The molecule has 1 saturated carbocycles. The molecular formula is C15H20N2O3. The van der Waals surface area contributed by atoms with E-state index in [1.807, 2.05) is 32.9 Å². The Labute approximate surface area is 118 Å². The summed E-state index contributed by atoms with van der Waals surface area (Å²) in [6.07, 6.45) is 1.26. The highest BCUT2D eigenvalue weighted by Crippen LogP contribution is 2.45. The fraction of sp³-hybridized carbons (Fsp3) is 0.467. The van der Waals surface area contributed by atoms with Crippen molar-refractivity contribution in [3.8, 4) is 0 Å². The van der Waals surface area contributed by atoms with E-state index in [4.69, 9.17) is 5.11 Å². The molecule has 0 aromatic heterocycles. The summed E-state index contributed by atoms with van der Waals surface area (Å²) in [6.45, 7) is 6.07. The number of carbonyl (C=O) groups is 2. The molecule has 1 aliphatic rings. The van der Waals surface area contributed by atoms with E-state index >= 15 is 0 Å². The van der Waals surface area contributed by atoms with Gasteiger partial charge in [-0.15, -0.1) is 0 Å². The number of benzene rings is 1. The van der Waals surface area contributed by atoms with E-state index in [2.05, 4.69) is 10.6 Å². The summed E-state index contributed by atoms with van der Waals surface area (Å²) < 4.78 is 0. The van der Waals surface area contributed by atoms with Crippen molar-refractivity contribution in [1.82, 2.24) is 5.32 Å². The Morgan fingerprint density at radius 3 is 2.20 bits per heavy atom. The number of carboxylic acids is 1. The molecule has 1 aliphatic carbocycles. The largest absolute Gasteiger partial charge is 0.481 e. The lowest BCUT2D eigenvalue weighted by Crippen LogP contribution is -2.37. The van der Waals surface area contributed by atoms with Gasteiger partial charge < -0.3 is 15.7 Å². The van der Waals surface area contributed by atoms with Crippen molar-refractivity contribution >= 4 is 17.7 Å². The second-order valence-corrected chi connectivity index (χ2v) is 5.67. The van der Waals surface area contributed by atoms with Crippen LogP contribution < -0.4 is 10.6 Å². The molecular weight excluding hydrogens is 256 g/mol. The minimum atomic E-state index is -0.833. The molecule has 1 fully saturated rings. The third kappa shape index (κ3) is 2.92. The molecule has 2 amide bonds. The quantitative estimate of drug-likeness (QED) is 0.791. The zero-order valence-corrected chi connectivity index (χ0v) is 12.0. The van der Waals surface area contributed by atoms with Gasteiger partial charge in [-0.3, -0.25) is 4.79 Å². The lowest BCUT2D eigenvalue weighted by Gasteiger charge is -2.15. The van der Waals surface area contributed by atoms with E-state index in [-0.39, 0.29) is 12.6 Å². The Hall–Kier alpha value is -2.04. The summed E-state index contributed by atoms with van der Waals surface area (Å²) in [6, 6.07) is 3.65. The predicted octanol–water partition coefficient (Wildman–Crippen LogP) is 2.60. The maximum Gasteiger partial charge on any atom is 0.319 e. The van der Waals surface area contributed by atoms with Gasteiger partial charge in [0.1, 0.15) is 0 Å². The second kappa shape index (κ2) is 5.15. The molecule has 20 heavy (non-hydrogen) atoms. The minimum Gasteiger partial charge on any atom is -0.481 e. The van der Waals surface area contributed by atoms with Crippen molar-refractivity contribution < 1.29 is 14.7 Å². The molecule has 0 spiro atoms. The van der Waals surface area contributed by atoms with Gasteiger partial charge in [0, 0.05) is 12.2 Å². The predicted molar refractivity (Wildman–Crippen MR) is 77.0 cm³/mol. The molecule has 0 bridgehead atoms. The highest BCUT2D eigenvalue weighted by molar-refractivity contribution is 5.91. The Bertz CT molecular complexity index is 539. The van der Waals surface area contributed by atoms with Crippen LogP contribution in [-0.2, 0) is 4.79 Å². The maximum absolute atomic E-state index is 11.9. The number of urea groups is 1. The van der Waals surface area contributed by atoms with Crippen LogP contribution in [0, 0.1) is 26.2 Å². The molecule has 5 heteroatoms. The van der Waals surface area contributed by atoms with E-state index in [0.717, 1.165) is 22.4 Å². The van der Waals surface area contributed by atoms with Gasteiger partial charge in [0.2, 0.25) is 0 Å². The van der Waals surface area contributed by atoms with Crippen molar-refractivity contribution in [2.45, 2.75) is 33.6 Å². The second-order valence-electron chi connectivity index (χ2n) is 5.67. The van der Waals surface area contributed by atoms with Gasteiger partial charge in [-0.25, -0.2) is 4.79 Å². The first-order chi connectivity index (χ1) is 9.34. The van der Waals surface area contributed by atoms with E-state index in [1.165, 1.54) is 0 Å². The molecule has 108 valence electrons. The molecule has 1 aromatic rings. The number of carboxylic acid groups (broad SMARTS) is 1. The fourth-order valence-electron chi connectivity index (χ4n) is 2.40. The fourth-order valence-corrected chi connectivity index (χ4v) is 2.40. The number of aliphatic carboxylic acids is 1. The maximum atomic E-state index is 11.9. The molecule has 3 N–H and O–H groups in total. The molecule has 0 radical (unpaired) electrons. The van der Waals surface area contributed by atoms with Crippen LogP contribution in [0.2, 0.25) is 0 Å². The summed E-state index contributed by atoms with van der Waals surface area (Å²) in [5.74, 6) is -0.833. The highest BCUT2D eigenvalue weighted by Gasteiger charge is 2.50. The smallest absolute Gasteiger partial charge is 0.319 e. The minimum absolute atomic E-state index is 0.179. The zero-order chi connectivity index (χ0) is 14.9. The van der Waals surface area contributed by atoms with Crippen molar-refractivity contribution in [3.63, 3.8) is 0 Å². The Morgan fingerprint density at radius 1 is 1.20 bits per heavy atom. The number of aryl methyl sites for hydroxylation is 3. The molecule has 0 saturated heterocycles. The van der Waals surface area contributed by atoms with Crippen LogP contribution in [0.5, 0.6) is 0 Å². The van der Waals surface area contributed by atoms with Crippen molar-refractivity contribution in [2.75, 3.05) is 11.9 Å². The molecule has 0 heterocycles. The van der Waals surface area contributed by atoms with Crippen LogP contribution in [0.4, 0.5) is 10.5 Å². The number of hydrogen-bond acceptors (Lipinski definition) is 2. The number of hydrogen-bond donors (Lipinski definition) is 3. The molecule has 2 rings (SSSR count). The monoisotopic (exact) mass is 276 g/mol. The summed E-state index contributed by atoms with van der Waals surface area (Å²) in [5.41, 5.74) is 3.19. The lowest BCUT2D eigenvalue weighted by atomic mass is 10.1. The Kier molecular flexibility index (Phi) is 3.70. The average molecular weight is 276 g/mol. The van der Waals surface area contributed by atoms with Crippen LogP contribution in [-0.4, -0.2) is 23.7 Å². The molecule has 1 aromatic carbocycles. The number of rotatable bonds is 4. The molecule has 0 aliphatic heterocycles. The third-order valence-electron chi connectivity index (χ3n) is 3.81. The van der Waals surface area contributed by atoms with Gasteiger partial charge in [0.15, 0.2) is 0 Å².